The first-order valence-electron chi connectivity index (χ1n) is 4.24. The Morgan fingerprint density at radius 3 is 2.93 bits per heavy atom. The highest BCUT2D eigenvalue weighted by Gasteiger charge is 2.17. The first-order valence-corrected chi connectivity index (χ1v) is 5.03. The Hall–Kier alpha value is -0.940. The average Bonchev–Trinajstić information content (AvgIpc) is 2.21. The van der Waals surface area contributed by atoms with E-state index in [0.717, 1.165) is 0 Å². The van der Waals surface area contributed by atoms with Crippen LogP contribution in [-0.4, -0.2) is 18.2 Å². The van der Waals surface area contributed by atoms with Crippen LogP contribution in [0.25, 0.3) is 0 Å². The van der Waals surface area contributed by atoms with E-state index in [9.17, 15) is 14.3 Å². The highest BCUT2D eigenvalue weighted by Crippen LogP contribution is 2.24. The zero-order valence-corrected chi connectivity index (χ0v) is 9.62. The van der Waals surface area contributed by atoms with Gasteiger partial charge >= 0.3 is 5.97 Å². The van der Waals surface area contributed by atoms with Crippen molar-refractivity contribution in [3.8, 4) is 0 Å². The molecule has 0 aliphatic heterocycles. The molecule has 1 atom stereocenters. The molecule has 0 aliphatic rings. The zero-order valence-electron chi connectivity index (χ0n) is 8.04. The molecule has 1 aromatic carbocycles. The molecule has 0 aliphatic carbocycles. The quantitative estimate of drug-likeness (QED) is 0.861. The number of aliphatic hydroxyl groups is 1. The third kappa shape index (κ3) is 3.28. The number of hydrogen-bond donors (Lipinski definition) is 1. The molecule has 0 unspecified atom stereocenters. The summed E-state index contributed by atoms with van der Waals surface area (Å²) in [4.78, 5) is 10.9. The Labute approximate surface area is 95.0 Å². The maximum absolute atomic E-state index is 13.2. The van der Waals surface area contributed by atoms with Gasteiger partial charge in [0.25, 0.3) is 0 Å². The maximum atomic E-state index is 13.2. The van der Waals surface area contributed by atoms with Crippen molar-refractivity contribution < 1.29 is 19.0 Å². The number of carbonyl (C=O) groups excluding carboxylic acids is 1. The van der Waals surface area contributed by atoms with Crippen LogP contribution in [0.4, 0.5) is 4.39 Å². The van der Waals surface area contributed by atoms with Crippen LogP contribution < -0.4 is 0 Å². The molecule has 0 radical (unpaired) electrons. The van der Waals surface area contributed by atoms with Gasteiger partial charge in [0.1, 0.15) is 5.82 Å². The Morgan fingerprint density at radius 2 is 2.33 bits per heavy atom. The summed E-state index contributed by atoms with van der Waals surface area (Å²) >= 11 is 3.15. The number of ether oxygens (including phenoxy) is 1. The van der Waals surface area contributed by atoms with Gasteiger partial charge in [-0.2, -0.15) is 0 Å². The lowest BCUT2D eigenvalue weighted by atomic mass is 10.1. The molecule has 0 bridgehead atoms. The van der Waals surface area contributed by atoms with Crippen LogP contribution in [0.15, 0.2) is 22.7 Å². The molecule has 1 rings (SSSR count). The van der Waals surface area contributed by atoms with Crippen LogP contribution in [0.5, 0.6) is 0 Å². The van der Waals surface area contributed by atoms with Gasteiger partial charge in [0.2, 0.25) is 0 Å². The Kier molecular flexibility index (Phi) is 4.23. The molecule has 0 saturated heterocycles. The minimum atomic E-state index is -1.19. The molecule has 0 aromatic heterocycles. The lowest BCUT2D eigenvalue weighted by Crippen LogP contribution is -2.09. The van der Waals surface area contributed by atoms with Crippen molar-refractivity contribution in [2.45, 2.75) is 12.5 Å². The highest BCUT2D eigenvalue weighted by atomic mass is 79.9. The standard InChI is InChI=1S/C10H10BrFO3/c1-15-10(14)5-9(13)7-4-6(11)2-3-8(7)12/h2-4,9,13H,5H2,1H3/t9-/m0/s1. The van der Waals surface area contributed by atoms with E-state index in [4.69, 9.17) is 0 Å². The Balaban J connectivity index is 2.85. The summed E-state index contributed by atoms with van der Waals surface area (Å²) in [6.07, 6.45) is -1.45. The summed E-state index contributed by atoms with van der Waals surface area (Å²) in [5.74, 6) is -1.13. The number of benzene rings is 1. The first kappa shape index (κ1) is 12.1. The fourth-order valence-electron chi connectivity index (χ4n) is 1.12. The second-order valence-corrected chi connectivity index (χ2v) is 3.88. The van der Waals surface area contributed by atoms with Crippen molar-refractivity contribution in [2.75, 3.05) is 7.11 Å². The molecular formula is C10H10BrFO3. The number of esters is 1. The monoisotopic (exact) mass is 276 g/mol. The average molecular weight is 277 g/mol. The highest BCUT2D eigenvalue weighted by molar-refractivity contribution is 9.10. The minimum absolute atomic E-state index is 0.0785. The molecule has 0 fully saturated rings. The van der Waals surface area contributed by atoms with Gasteiger partial charge in [0, 0.05) is 10.0 Å². The zero-order chi connectivity index (χ0) is 11.4. The molecular weight excluding hydrogens is 267 g/mol. The van der Waals surface area contributed by atoms with E-state index in [-0.39, 0.29) is 12.0 Å². The fraction of sp³-hybridized carbons (Fsp3) is 0.300. The Bertz CT molecular complexity index is 368. The molecule has 5 heteroatoms. The predicted molar refractivity (Wildman–Crippen MR) is 55.7 cm³/mol. The summed E-state index contributed by atoms with van der Waals surface area (Å²) in [6, 6.07) is 4.17. The normalized spacial score (nSPS) is 12.3. The van der Waals surface area contributed by atoms with Gasteiger partial charge in [-0.05, 0) is 18.2 Å². The smallest absolute Gasteiger partial charge is 0.308 e. The Morgan fingerprint density at radius 1 is 1.67 bits per heavy atom. The van der Waals surface area contributed by atoms with Crippen molar-refractivity contribution in [2.24, 2.45) is 0 Å². The van der Waals surface area contributed by atoms with E-state index in [1.54, 1.807) is 0 Å². The third-order valence-corrected chi connectivity index (χ3v) is 2.40. The van der Waals surface area contributed by atoms with Gasteiger partial charge < -0.3 is 9.84 Å². The molecule has 0 heterocycles. The van der Waals surface area contributed by atoms with Gasteiger partial charge in [-0.25, -0.2) is 4.39 Å². The van der Waals surface area contributed by atoms with E-state index in [1.807, 2.05) is 0 Å². The lowest BCUT2D eigenvalue weighted by molar-refractivity contribution is -0.142. The van der Waals surface area contributed by atoms with Crippen LogP contribution >= 0.6 is 15.9 Å². The number of carbonyl (C=O) groups is 1. The van der Waals surface area contributed by atoms with Gasteiger partial charge in [0.15, 0.2) is 0 Å². The number of hydrogen-bond acceptors (Lipinski definition) is 3. The fourth-order valence-corrected chi connectivity index (χ4v) is 1.50. The largest absolute Gasteiger partial charge is 0.469 e. The van der Waals surface area contributed by atoms with E-state index >= 15 is 0 Å². The topological polar surface area (TPSA) is 46.5 Å². The van der Waals surface area contributed by atoms with Gasteiger partial charge in [-0.15, -0.1) is 0 Å². The van der Waals surface area contributed by atoms with Crippen molar-refractivity contribution in [1.29, 1.82) is 0 Å². The molecule has 1 N–H and O–H groups in total. The second kappa shape index (κ2) is 5.23. The van der Waals surface area contributed by atoms with Crippen LogP contribution in [0, 0.1) is 5.82 Å². The van der Waals surface area contributed by atoms with Crippen molar-refractivity contribution in [3.05, 3.63) is 34.1 Å². The molecule has 15 heavy (non-hydrogen) atoms. The molecule has 0 saturated carbocycles. The number of aliphatic hydroxyl groups excluding tert-OH is 1. The van der Waals surface area contributed by atoms with E-state index in [2.05, 4.69) is 20.7 Å². The molecule has 0 spiro atoms. The van der Waals surface area contributed by atoms with Crippen molar-refractivity contribution in [3.63, 3.8) is 0 Å². The number of halogens is 2. The number of methoxy groups -OCH3 is 1. The van der Waals surface area contributed by atoms with Crippen molar-refractivity contribution >= 4 is 21.9 Å². The number of rotatable bonds is 3. The summed E-state index contributed by atoms with van der Waals surface area (Å²) in [5.41, 5.74) is 0.0785. The first-order chi connectivity index (χ1) is 7.04. The molecule has 0 amide bonds. The maximum Gasteiger partial charge on any atom is 0.308 e. The van der Waals surface area contributed by atoms with Crippen LogP contribution in [0.1, 0.15) is 18.1 Å². The summed E-state index contributed by atoms with van der Waals surface area (Å²) in [5, 5.41) is 9.57. The lowest BCUT2D eigenvalue weighted by Gasteiger charge is -2.10. The third-order valence-electron chi connectivity index (χ3n) is 1.90. The summed E-state index contributed by atoms with van der Waals surface area (Å²) in [6.45, 7) is 0. The molecule has 3 nitrogen and oxygen atoms in total. The summed E-state index contributed by atoms with van der Waals surface area (Å²) in [7, 11) is 1.21. The molecule has 82 valence electrons. The summed E-state index contributed by atoms with van der Waals surface area (Å²) < 4.78 is 18.3. The van der Waals surface area contributed by atoms with E-state index < -0.39 is 17.9 Å². The molecule has 1 aromatic rings. The van der Waals surface area contributed by atoms with Gasteiger partial charge in [-0.1, -0.05) is 15.9 Å². The van der Waals surface area contributed by atoms with E-state index in [0.29, 0.717) is 4.47 Å². The van der Waals surface area contributed by atoms with Crippen LogP contribution in [0.3, 0.4) is 0 Å². The second-order valence-electron chi connectivity index (χ2n) is 2.96. The SMILES string of the molecule is COC(=O)C[C@H](O)c1cc(Br)ccc1F. The minimum Gasteiger partial charge on any atom is -0.469 e. The van der Waals surface area contributed by atoms with Gasteiger partial charge in [0.05, 0.1) is 19.6 Å². The van der Waals surface area contributed by atoms with Gasteiger partial charge in [-0.3, -0.25) is 4.79 Å². The van der Waals surface area contributed by atoms with Crippen molar-refractivity contribution in [1.82, 2.24) is 0 Å². The van der Waals surface area contributed by atoms with E-state index in [1.165, 1.54) is 25.3 Å². The predicted octanol–water partition coefficient (Wildman–Crippen LogP) is 2.18. The van der Waals surface area contributed by atoms with Crippen LogP contribution in [-0.2, 0) is 9.53 Å². The van der Waals surface area contributed by atoms with Crippen LogP contribution in [0.2, 0.25) is 0 Å².